The Hall–Kier alpha value is -0.640. The van der Waals surface area contributed by atoms with E-state index in [2.05, 4.69) is 27.3 Å². The molecular formula is C13H22ClN3. The molecule has 1 aromatic heterocycles. The molecule has 0 saturated carbocycles. The van der Waals surface area contributed by atoms with Crippen LogP contribution in [0, 0.1) is 5.92 Å². The molecule has 1 fully saturated rings. The molecule has 0 radical (unpaired) electrons. The molecule has 0 atom stereocenters. The van der Waals surface area contributed by atoms with Crippen LogP contribution in [0.25, 0.3) is 0 Å². The molecule has 17 heavy (non-hydrogen) atoms. The van der Waals surface area contributed by atoms with Gasteiger partial charge in [-0.1, -0.05) is 0 Å². The molecule has 3 nitrogen and oxygen atoms in total. The monoisotopic (exact) mass is 255 g/mol. The Morgan fingerprint density at radius 1 is 1.29 bits per heavy atom. The van der Waals surface area contributed by atoms with Crippen LogP contribution in [0.5, 0.6) is 0 Å². The molecule has 2 rings (SSSR count). The molecule has 0 spiro atoms. The second-order valence-corrected chi connectivity index (χ2v) is 4.63. The number of nitrogens with one attached hydrogen (secondary N) is 1. The topological polar surface area (TPSA) is 28.2 Å². The molecule has 1 aliphatic rings. The van der Waals surface area contributed by atoms with E-state index in [0.717, 1.165) is 12.5 Å². The van der Waals surface area contributed by atoms with Crippen molar-refractivity contribution in [3.8, 4) is 0 Å². The molecule has 1 N–H and O–H groups in total. The maximum atomic E-state index is 4.05. The van der Waals surface area contributed by atoms with Gasteiger partial charge in [-0.15, -0.1) is 12.4 Å². The minimum Gasteiger partial charge on any atom is -0.319 e. The second-order valence-electron chi connectivity index (χ2n) is 4.63. The first kappa shape index (κ1) is 14.4. The summed E-state index contributed by atoms with van der Waals surface area (Å²) in [5.74, 6) is 0.874. The fourth-order valence-corrected chi connectivity index (χ4v) is 2.38. The van der Waals surface area contributed by atoms with Gasteiger partial charge in [-0.3, -0.25) is 9.88 Å². The third-order valence-electron chi connectivity index (χ3n) is 3.36. The largest absolute Gasteiger partial charge is 0.319 e. The van der Waals surface area contributed by atoms with Gasteiger partial charge >= 0.3 is 0 Å². The summed E-state index contributed by atoms with van der Waals surface area (Å²) in [5, 5.41) is 3.28. The van der Waals surface area contributed by atoms with Crippen molar-refractivity contribution in [1.29, 1.82) is 0 Å². The third-order valence-corrected chi connectivity index (χ3v) is 3.36. The van der Waals surface area contributed by atoms with Gasteiger partial charge < -0.3 is 5.32 Å². The molecule has 1 aromatic rings. The molecule has 0 aromatic carbocycles. The minimum atomic E-state index is 0. The van der Waals surface area contributed by atoms with Gasteiger partial charge in [-0.25, -0.2) is 0 Å². The lowest BCUT2D eigenvalue weighted by atomic mass is 9.96. The Kier molecular flexibility index (Phi) is 6.48. The number of pyridine rings is 1. The number of hydrogen-bond donors (Lipinski definition) is 1. The predicted octanol–water partition coefficient (Wildman–Crippen LogP) is 1.93. The van der Waals surface area contributed by atoms with Crippen molar-refractivity contribution in [3.63, 3.8) is 0 Å². The zero-order valence-corrected chi connectivity index (χ0v) is 11.2. The van der Waals surface area contributed by atoms with Gasteiger partial charge in [0.1, 0.15) is 0 Å². The van der Waals surface area contributed by atoms with Crippen LogP contribution >= 0.6 is 12.4 Å². The number of halogens is 1. The highest BCUT2D eigenvalue weighted by atomic mass is 35.5. The molecule has 4 heteroatoms. The molecule has 0 amide bonds. The Morgan fingerprint density at radius 2 is 1.94 bits per heavy atom. The maximum absolute atomic E-state index is 4.05. The highest BCUT2D eigenvalue weighted by molar-refractivity contribution is 5.85. The fourth-order valence-electron chi connectivity index (χ4n) is 2.38. The molecule has 1 saturated heterocycles. The normalized spacial score (nSPS) is 17.7. The lowest BCUT2D eigenvalue weighted by Gasteiger charge is -2.31. The molecule has 0 aliphatic carbocycles. The average Bonchev–Trinajstić information content (AvgIpc) is 2.33. The molecule has 0 unspecified atom stereocenters. The van der Waals surface area contributed by atoms with Gasteiger partial charge in [0.05, 0.1) is 0 Å². The summed E-state index contributed by atoms with van der Waals surface area (Å²) in [7, 11) is 2.04. The Bertz CT molecular complexity index is 297. The Balaban J connectivity index is 0.00000144. The highest BCUT2D eigenvalue weighted by Gasteiger charge is 2.18. The van der Waals surface area contributed by atoms with Crippen LogP contribution in [0.2, 0.25) is 0 Å². The van der Waals surface area contributed by atoms with E-state index in [0.29, 0.717) is 0 Å². The minimum absolute atomic E-state index is 0. The zero-order valence-electron chi connectivity index (χ0n) is 10.4. The number of aromatic nitrogens is 1. The summed E-state index contributed by atoms with van der Waals surface area (Å²) in [6, 6.07) is 4.22. The number of rotatable bonds is 4. The van der Waals surface area contributed by atoms with Crippen molar-refractivity contribution in [1.82, 2.24) is 15.2 Å². The standard InChI is InChI=1S/C13H21N3.ClH/c1-14-10-12-4-8-16(9-5-12)11-13-2-6-15-7-3-13;/h2-3,6-7,12,14H,4-5,8-11H2,1H3;1H. The number of nitrogens with zero attached hydrogens (tertiary/aromatic N) is 2. The summed E-state index contributed by atoms with van der Waals surface area (Å²) < 4.78 is 0. The predicted molar refractivity (Wildman–Crippen MR) is 73.4 cm³/mol. The van der Waals surface area contributed by atoms with Crippen LogP contribution in [0.1, 0.15) is 18.4 Å². The maximum Gasteiger partial charge on any atom is 0.0271 e. The van der Waals surface area contributed by atoms with E-state index >= 15 is 0 Å². The molecule has 1 aliphatic heterocycles. The van der Waals surface area contributed by atoms with E-state index in [-0.39, 0.29) is 12.4 Å². The second kappa shape index (κ2) is 7.64. The fraction of sp³-hybridized carbons (Fsp3) is 0.615. The lowest BCUT2D eigenvalue weighted by molar-refractivity contribution is 0.177. The van der Waals surface area contributed by atoms with E-state index in [1.54, 1.807) is 0 Å². The van der Waals surface area contributed by atoms with Crippen LogP contribution in [0.3, 0.4) is 0 Å². The highest BCUT2D eigenvalue weighted by Crippen LogP contribution is 2.17. The van der Waals surface area contributed by atoms with Crippen LogP contribution in [0.15, 0.2) is 24.5 Å². The van der Waals surface area contributed by atoms with Crippen molar-refractivity contribution in [2.24, 2.45) is 5.92 Å². The van der Waals surface area contributed by atoms with Gasteiger partial charge in [0.25, 0.3) is 0 Å². The van der Waals surface area contributed by atoms with Crippen molar-refractivity contribution >= 4 is 12.4 Å². The number of piperidine rings is 1. The smallest absolute Gasteiger partial charge is 0.0271 e. The summed E-state index contributed by atoms with van der Waals surface area (Å²) in [6.45, 7) is 4.71. The molecular weight excluding hydrogens is 234 g/mol. The summed E-state index contributed by atoms with van der Waals surface area (Å²) in [4.78, 5) is 6.59. The van der Waals surface area contributed by atoms with Crippen LogP contribution in [0.4, 0.5) is 0 Å². The van der Waals surface area contributed by atoms with E-state index in [4.69, 9.17) is 0 Å². The molecule has 2 heterocycles. The van der Waals surface area contributed by atoms with E-state index < -0.39 is 0 Å². The molecule has 96 valence electrons. The van der Waals surface area contributed by atoms with Gasteiger partial charge in [-0.2, -0.15) is 0 Å². The SMILES string of the molecule is CNCC1CCN(Cc2ccncc2)CC1.Cl. The van der Waals surface area contributed by atoms with Crippen molar-refractivity contribution in [2.75, 3.05) is 26.7 Å². The van der Waals surface area contributed by atoms with Gasteiger partial charge in [0.2, 0.25) is 0 Å². The van der Waals surface area contributed by atoms with Crippen LogP contribution in [-0.4, -0.2) is 36.6 Å². The third kappa shape index (κ3) is 4.62. The Labute approximate surface area is 110 Å². The summed E-state index contributed by atoms with van der Waals surface area (Å²) >= 11 is 0. The van der Waals surface area contributed by atoms with Gasteiger partial charge in [-0.05, 0) is 63.1 Å². The average molecular weight is 256 g/mol. The molecule has 0 bridgehead atoms. The van der Waals surface area contributed by atoms with Crippen LogP contribution < -0.4 is 5.32 Å². The first-order valence-corrected chi connectivity index (χ1v) is 6.14. The zero-order chi connectivity index (χ0) is 11.2. The van der Waals surface area contributed by atoms with Crippen molar-refractivity contribution < 1.29 is 0 Å². The quantitative estimate of drug-likeness (QED) is 0.891. The summed E-state index contributed by atoms with van der Waals surface area (Å²) in [6.07, 6.45) is 6.41. The lowest BCUT2D eigenvalue weighted by Crippen LogP contribution is -2.36. The first-order chi connectivity index (χ1) is 7.88. The van der Waals surface area contributed by atoms with E-state index in [9.17, 15) is 0 Å². The van der Waals surface area contributed by atoms with Gasteiger partial charge in [0, 0.05) is 18.9 Å². The van der Waals surface area contributed by atoms with E-state index in [1.165, 1.54) is 38.0 Å². The number of likely N-dealkylation sites (tertiary alicyclic amines) is 1. The summed E-state index contributed by atoms with van der Waals surface area (Å²) in [5.41, 5.74) is 1.38. The number of hydrogen-bond acceptors (Lipinski definition) is 3. The Morgan fingerprint density at radius 3 is 2.53 bits per heavy atom. The van der Waals surface area contributed by atoms with Gasteiger partial charge in [0.15, 0.2) is 0 Å². The van der Waals surface area contributed by atoms with Crippen molar-refractivity contribution in [3.05, 3.63) is 30.1 Å². The van der Waals surface area contributed by atoms with E-state index in [1.807, 2.05) is 19.4 Å². The first-order valence-electron chi connectivity index (χ1n) is 6.14. The van der Waals surface area contributed by atoms with Crippen molar-refractivity contribution in [2.45, 2.75) is 19.4 Å². The van der Waals surface area contributed by atoms with Crippen LogP contribution in [-0.2, 0) is 6.54 Å².